The van der Waals surface area contributed by atoms with E-state index < -0.39 is 16.1 Å². The number of hydrogen-bond donors (Lipinski definition) is 1. The molecule has 2 saturated heterocycles. The van der Waals surface area contributed by atoms with Gasteiger partial charge in [0.05, 0.1) is 0 Å². The predicted octanol–water partition coefficient (Wildman–Crippen LogP) is 1.78. The molecule has 1 aromatic rings. The number of halogens is 1. The fourth-order valence-electron chi connectivity index (χ4n) is 3.66. The van der Waals surface area contributed by atoms with Gasteiger partial charge < -0.3 is 10.2 Å². The molecule has 0 radical (unpaired) electrons. The highest BCUT2D eigenvalue weighted by Crippen LogP contribution is 2.30. The van der Waals surface area contributed by atoms with Gasteiger partial charge in [0.15, 0.2) is 0 Å². The quantitative estimate of drug-likeness (QED) is 0.807. The zero-order chi connectivity index (χ0) is 17.2. The maximum Gasteiger partial charge on any atom is 0.253 e. The normalized spacial score (nSPS) is 22.8. The van der Waals surface area contributed by atoms with Crippen molar-refractivity contribution < 1.29 is 13.2 Å². The van der Waals surface area contributed by atoms with Gasteiger partial charge in [-0.3, -0.25) is 4.79 Å². The van der Waals surface area contributed by atoms with Crippen LogP contribution in [-0.4, -0.2) is 62.8 Å². The molecule has 0 bridgehead atoms. The summed E-state index contributed by atoms with van der Waals surface area (Å²) in [5, 5.41) is 4.95. The smallest absolute Gasteiger partial charge is 0.253 e. The summed E-state index contributed by atoms with van der Waals surface area (Å²) in [6, 6.07) is 2.82. The van der Waals surface area contributed by atoms with E-state index in [-0.39, 0.29) is 18.3 Å². The van der Waals surface area contributed by atoms with Gasteiger partial charge >= 0.3 is 0 Å². The van der Waals surface area contributed by atoms with Gasteiger partial charge in [0.2, 0.25) is 5.91 Å². The molecule has 3 heterocycles. The number of hydrogen-bond acceptors (Lipinski definition) is 5. The van der Waals surface area contributed by atoms with Gasteiger partial charge in [-0.15, -0.1) is 23.7 Å². The molecule has 25 heavy (non-hydrogen) atoms. The highest BCUT2D eigenvalue weighted by atomic mass is 35.5. The van der Waals surface area contributed by atoms with E-state index in [0.717, 1.165) is 38.9 Å². The van der Waals surface area contributed by atoms with Crippen LogP contribution in [0.3, 0.4) is 0 Å². The molecule has 2 fully saturated rings. The van der Waals surface area contributed by atoms with Gasteiger partial charge in [-0.1, -0.05) is 6.07 Å². The fraction of sp³-hybridized carbons (Fsp3) is 0.688. The standard InChI is InChI=1S/C16H25N3O3S2.ClH/c1-17-12-13-6-9-18(10-7-13)16(20)14-4-2-8-19(14)24(21,22)15-5-3-11-23-15;/h3,5,11,13-14,17H,2,4,6-10,12H2,1H3;1H. The highest BCUT2D eigenvalue weighted by molar-refractivity contribution is 7.91. The number of piperidine rings is 1. The van der Waals surface area contributed by atoms with E-state index in [1.165, 1.54) is 15.6 Å². The SMILES string of the molecule is CNCC1CCN(C(=O)C2CCCN2S(=O)(=O)c2cccs2)CC1.Cl. The van der Waals surface area contributed by atoms with Crippen molar-refractivity contribution in [3.63, 3.8) is 0 Å². The minimum atomic E-state index is -3.55. The molecule has 3 rings (SSSR count). The van der Waals surface area contributed by atoms with E-state index in [2.05, 4.69) is 5.32 Å². The Morgan fingerprint density at radius 3 is 2.60 bits per heavy atom. The summed E-state index contributed by atoms with van der Waals surface area (Å²) >= 11 is 1.21. The molecule has 2 aliphatic heterocycles. The second-order valence-corrected chi connectivity index (χ2v) is 9.60. The van der Waals surface area contributed by atoms with E-state index >= 15 is 0 Å². The third kappa shape index (κ3) is 4.36. The van der Waals surface area contributed by atoms with Gasteiger partial charge in [0.1, 0.15) is 10.3 Å². The van der Waals surface area contributed by atoms with Crippen molar-refractivity contribution in [3.8, 4) is 0 Å². The first-order valence-electron chi connectivity index (χ1n) is 8.53. The average Bonchev–Trinajstić information content (AvgIpc) is 3.27. The zero-order valence-corrected chi connectivity index (χ0v) is 16.8. The maximum atomic E-state index is 12.9. The van der Waals surface area contributed by atoms with Crippen molar-refractivity contribution in [3.05, 3.63) is 17.5 Å². The summed E-state index contributed by atoms with van der Waals surface area (Å²) < 4.78 is 27.3. The Hall–Kier alpha value is -0.670. The van der Waals surface area contributed by atoms with Crippen LogP contribution in [0.5, 0.6) is 0 Å². The van der Waals surface area contributed by atoms with Crippen molar-refractivity contribution >= 4 is 39.7 Å². The van der Waals surface area contributed by atoms with Gasteiger partial charge in [-0.25, -0.2) is 8.42 Å². The molecule has 6 nitrogen and oxygen atoms in total. The molecule has 1 aromatic heterocycles. The van der Waals surface area contributed by atoms with E-state index in [4.69, 9.17) is 0 Å². The lowest BCUT2D eigenvalue weighted by Crippen LogP contribution is -2.50. The Morgan fingerprint density at radius 1 is 1.28 bits per heavy atom. The van der Waals surface area contributed by atoms with Crippen LogP contribution in [0.2, 0.25) is 0 Å². The molecule has 1 N–H and O–H groups in total. The Labute approximate surface area is 160 Å². The van der Waals surface area contributed by atoms with Crippen LogP contribution >= 0.6 is 23.7 Å². The number of thiophene rings is 1. The molecular formula is C16H26ClN3O3S2. The number of nitrogens with one attached hydrogen (secondary N) is 1. The molecule has 1 amide bonds. The molecule has 2 aliphatic rings. The van der Waals surface area contributed by atoms with Crippen molar-refractivity contribution in [1.82, 2.24) is 14.5 Å². The fourth-order valence-corrected chi connectivity index (χ4v) is 6.43. The number of amides is 1. The largest absolute Gasteiger partial charge is 0.341 e. The second kappa shape index (κ2) is 8.81. The summed E-state index contributed by atoms with van der Waals surface area (Å²) in [5.74, 6) is 0.587. The second-order valence-electron chi connectivity index (χ2n) is 6.53. The Bertz CT molecular complexity index is 658. The lowest BCUT2D eigenvalue weighted by molar-refractivity contribution is -0.136. The van der Waals surface area contributed by atoms with Crippen LogP contribution in [0.4, 0.5) is 0 Å². The van der Waals surface area contributed by atoms with Crippen LogP contribution in [0.1, 0.15) is 25.7 Å². The number of sulfonamides is 1. The van der Waals surface area contributed by atoms with Gasteiger partial charge in [0.25, 0.3) is 10.0 Å². The molecule has 0 aliphatic carbocycles. The van der Waals surface area contributed by atoms with Crippen LogP contribution < -0.4 is 5.32 Å². The summed E-state index contributed by atoms with van der Waals surface area (Å²) in [6.45, 7) is 2.88. The highest BCUT2D eigenvalue weighted by Gasteiger charge is 2.41. The van der Waals surface area contributed by atoms with Crippen molar-refractivity contribution in [2.75, 3.05) is 33.2 Å². The minimum Gasteiger partial charge on any atom is -0.341 e. The van der Waals surface area contributed by atoms with Gasteiger partial charge in [-0.05, 0) is 56.6 Å². The predicted molar refractivity (Wildman–Crippen MR) is 102 cm³/mol. The van der Waals surface area contributed by atoms with Gasteiger partial charge in [0, 0.05) is 19.6 Å². The van der Waals surface area contributed by atoms with Crippen molar-refractivity contribution in [1.29, 1.82) is 0 Å². The molecule has 142 valence electrons. The zero-order valence-electron chi connectivity index (χ0n) is 14.4. The van der Waals surface area contributed by atoms with Crippen LogP contribution in [0.25, 0.3) is 0 Å². The van der Waals surface area contributed by atoms with Crippen molar-refractivity contribution in [2.45, 2.75) is 35.9 Å². The number of carbonyl (C=O) groups is 1. The molecule has 0 aromatic carbocycles. The van der Waals surface area contributed by atoms with E-state index in [0.29, 0.717) is 23.1 Å². The average molecular weight is 408 g/mol. The molecule has 1 atom stereocenters. The lowest BCUT2D eigenvalue weighted by atomic mass is 9.96. The summed E-state index contributed by atoms with van der Waals surface area (Å²) in [4.78, 5) is 14.8. The van der Waals surface area contributed by atoms with E-state index in [1.807, 2.05) is 11.9 Å². The third-order valence-electron chi connectivity index (χ3n) is 4.97. The number of rotatable bonds is 5. The van der Waals surface area contributed by atoms with E-state index in [1.54, 1.807) is 17.5 Å². The molecular weight excluding hydrogens is 382 g/mol. The number of carbonyl (C=O) groups excluding carboxylic acids is 1. The van der Waals surface area contributed by atoms with Gasteiger partial charge in [-0.2, -0.15) is 4.31 Å². The van der Waals surface area contributed by atoms with Crippen LogP contribution in [-0.2, 0) is 14.8 Å². The Kier molecular flexibility index (Phi) is 7.28. The third-order valence-corrected chi connectivity index (χ3v) is 8.25. The van der Waals surface area contributed by atoms with E-state index in [9.17, 15) is 13.2 Å². The first-order valence-corrected chi connectivity index (χ1v) is 10.8. The number of likely N-dealkylation sites (tertiary alicyclic amines) is 1. The first-order chi connectivity index (χ1) is 11.5. The number of nitrogens with zero attached hydrogens (tertiary/aromatic N) is 2. The topological polar surface area (TPSA) is 69.7 Å². The Balaban J connectivity index is 0.00000225. The summed E-state index contributed by atoms with van der Waals surface area (Å²) in [5.41, 5.74) is 0. The first kappa shape index (κ1) is 20.6. The summed E-state index contributed by atoms with van der Waals surface area (Å²) in [6.07, 6.45) is 3.34. The Morgan fingerprint density at radius 2 is 2.00 bits per heavy atom. The monoisotopic (exact) mass is 407 g/mol. The summed E-state index contributed by atoms with van der Waals surface area (Å²) in [7, 11) is -1.61. The van der Waals surface area contributed by atoms with Crippen LogP contribution in [0, 0.1) is 5.92 Å². The molecule has 0 spiro atoms. The molecule has 1 unspecified atom stereocenters. The molecule has 9 heteroatoms. The van der Waals surface area contributed by atoms with Crippen LogP contribution in [0.15, 0.2) is 21.7 Å². The minimum absolute atomic E-state index is 0. The maximum absolute atomic E-state index is 12.9. The van der Waals surface area contributed by atoms with Crippen molar-refractivity contribution in [2.24, 2.45) is 5.92 Å². The molecule has 0 saturated carbocycles. The lowest BCUT2D eigenvalue weighted by Gasteiger charge is -2.35.